The minimum absolute atomic E-state index is 0.0642. The Morgan fingerprint density at radius 1 is 0.955 bits per heavy atom. The third-order valence-corrected chi connectivity index (χ3v) is 9.38. The third kappa shape index (κ3) is 7.96. The molecule has 3 aromatic carbocycles. The molecule has 3 aromatic rings. The summed E-state index contributed by atoms with van der Waals surface area (Å²) in [5, 5.41) is -0.578. The van der Waals surface area contributed by atoms with Crippen molar-refractivity contribution in [3.63, 3.8) is 0 Å². The van der Waals surface area contributed by atoms with E-state index in [4.69, 9.17) is 33.2 Å². The first-order valence-corrected chi connectivity index (χ1v) is 15.8. The minimum Gasteiger partial charge on any atom is -0.497 e. The van der Waals surface area contributed by atoms with Crippen LogP contribution in [0.4, 0.5) is 0 Å². The molecule has 1 unspecified atom stereocenters. The quantitative estimate of drug-likeness (QED) is 0.143. The van der Waals surface area contributed by atoms with Gasteiger partial charge in [0.15, 0.2) is 11.5 Å². The summed E-state index contributed by atoms with van der Waals surface area (Å²) >= 11 is 5.29. The smallest absolute Gasteiger partial charge is 0.241 e. The van der Waals surface area contributed by atoms with Crippen LogP contribution < -0.4 is 14.2 Å². The molecule has 5 rings (SSSR count). The zero-order valence-electron chi connectivity index (χ0n) is 24.8. The van der Waals surface area contributed by atoms with Crippen LogP contribution >= 0.6 is 27.7 Å². The van der Waals surface area contributed by atoms with E-state index in [2.05, 4.69) is 15.9 Å². The summed E-state index contributed by atoms with van der Waals surface area (Å²) in [6, 6.07) is 23.0. The number of rotatable bonds is 14. The standard InChI is InChI=1S/C33H36BrNO8S/c1-37-19-40-30-16-26(34)27(17-31(30)41-20-38-2)35(18-22-9-12-24(39-3)13-10-22)33(36)32(44-25-7-5-4-6-8-25)23-11-14-28-29(15-23)43-21-42-28/h4-16,27,30-32H,17-21H2,1-3H3/t27-,30-,31+,32?/m1/s1. The Hall–Kier alpha value is -3.06. The molecule has 0 aromatic heterocycles. The number of carbonyl (C=O) groups is 1. The Kier molecular flexibility index (Phi) is 11.6. The fraction of sp³-hybridized carbons (Fsp3) is 0.364. The highest BCUT2D eigenvalue weighted by Gasteiger charge is 2.39. The predicted molar refractivity (Wildman–Crippen MR) is 170 cm³/mol. The van der Waals surface area contributed by atoms with Crippen molar-refractivity contribution in [1.29, 1.82) is 0 Å². The van der Waals surface area contributed by atoms with Crippen molar-refractivity contribution in [2.75, 3.05) is 41.7 Å². The van der Waals surface area contributed by atoms with Gasteiger partial charge in [0.1, 0.15) is 30.7 Å². The number of nitrogens with zero attached hydrogens (tertiary/aromatic N) is 1. The van der Waals surface area contributed by atoms with Crippen molar-refractivity contribution in [1.82, 2.24) is 4.90 Å². The van der Waals surface area contributed by atoms with Crippen molar-refractivity contribution in [2.45, 2.75) is 41.4 Å². The summed E-state index contributed by atoms with van der Waals surface area (Å²) in [7, 11) is 4.78. The molecule has 44 heavy (non-hydrogen) atoms. The maximum Gasteiger partial charge on any atom is 0.241 e. The van der Waals surface area contributed by atoms with Crippen molar-refractivity contribution in [3.05, 3.63) is 94.5 Å². The van der Waals surface area contributed by atoms with Crippen molar-refractivity contribution < 1.29 is 38.0 Å². The van der Waals surface area contributed by atoms with Gasteiger partial charge in [-0.1, -0.05) is 52.3 Å². The van der Waals surface area contributed by atoms with Crippen LogP contribution in [0.15, 0.2) is 88.3 Å². The van der Waals surface area contributed by atoms with E-state index >= 15 is 0 Å². The van der Waals surface area contributed by atoms with E-state index in [1.165, 1.54) is 11.8 Å². The zero-order valence-corrected chi connectivity index (χ0v) is 27.3. The van der Waals surface area contributed by atoms with Gasteiger partial charge in [-0.05, 0) is 53.6 Å². The van der Waals surface area contributed by atoms with Gasteiger partial charge in [0.25, 0.3) is 0 Å². The van der Waals surface area contributed by atoms with Gasteiger partial charge < -0.3 is 38.1 Å². The molecule has 1 aliphatic carbocycles. The first-order valence-electron chi connectivity index (χ1n) is 14.1. The van der Waals surface area contributed by atoms with E-state index in [0.717, 1.165) is 26.3 Å². The number of carbonyl (C=O) groups excluding carboxylic acids is 1. The molecule has 2 aliphatic rings. The van der Waals surface area contributed by atoms with Gasteiger partial charge in [-0.3, -0.25) is 4.79 Å². The Morgan fingerprint density at radius 3 is 2.41 bits per heavy atom. The van der Waals surface area contributed by atoms with Gasteiger partial charge in [0.2, 0.25) is 12.7 Å². The molecule has 1 amide bonds. The molecule has 11 heteroatoms. The Labute approximate surface area is 270 Å². The zero-order chi connectivity index (χ0) is 30.9. The summed E-state index contributed by atoms with van der Waals surface area (Å²) in [5.41, 5.74) is 1.78. The van der Waals surface area contributed by atoms with Gasteiger partial charge in [0.05, 0.1) is 19.3 Å². The second-order valence-corrected chi connectivity index (χ2v) is 12.3. The van der Waals surface area contributed by atoms with Crippen LogP contribution in [0.2, 0.25) is 0 Å². The van der Waals surface area contributed by atoms with E-state index in [0.29, 0.717) is 24.5 Å². The Morgan fingerprint density at radius 2 is 1.68 bits per heavy atom. The normalized spacial score (nSPS) is 19.7. The van der Waals surface area contributed by atoms with E-state index in [9.17, 15) is 4.79 Å². The first kappa shape index (κ1) is 32.3. The lowest BCUT2D eigenvalue weighted by Gasteiger charge is -2.40. The molecule has 0 saturated carbocycles. The van der Waals surface area contributed by atoms with E-state index in [-0.39, 0.29) is 38.4 Å². The highest BCUT2D eigenvalue weighted by molar-refractivity contribution is 9.11. The SMILES string of the molecule is COCO[C@H]1C[C@@H](N(Cc2ccc(OC)cc2)C(=O)C(Sc2ccccc2)c2ccc3c(c2)OCO3)C(Br)=C[C@H]1OCOC. The number of thioether (sulfide) groups is 1. The summed E-state index contributed by atoms with van der Waals surface area (Å²) in [6.45, 7) is 0.703. The molecule has 1 heterocycles. The van der Waals surface area contributed by atoms with Crippen LogP contribution in [-0.4, -0.2) is 70.8 Å². The van der Waals surface area contributed by atoms with Gasteiger partial charge >= 0.3 is 0 Å². The van der Waals surface area contributed by atoms with Gasteiger partial charge in [-0.15, -0.1) is 11.8 Å². The van der Waals surface area contributed by atoms with Crippen LogP contribution in [0.5, 0.6) is 17.2 Å². The maximum atomic E-state index is 14.9. The summed E-state index contributed by atoms with van der Waals surface area (Å²) < 4.78 is 39.8. The Balaban J connectivity index is 1.54. The van der Waals surface area contributed by atoms with Crippen molar-refractivity contribution in [2.24, 2.45) is 0 Å². The average Bonchev–Trinajstić information content (AvgIpc) is 3.53. The maximum absolute atomic E-state index is 14.9. The highest BCUT2D eigenvalue weighted by atomic mass is 79.9. The van der Waals surface area contributed by atoms with Gasteiger partial charge in [-0.2, -0.15) is 0 Å². The van der Waals surface area contributed by atoms with Crippen molar-refractivity contribution in [3.8, 4) is 17.2 Å². The number of halogens is 1. The molecule has 4 atom stereocenters. The molecule has 0 bridgehead atoms. The number of amides is 1. The lowest BCUT2D eigenvalue weighted by atomic mass is 9.94. The summed E-state index contributed by atoms with van der Waals surface area (Å²) in [4.78, 5) is 17.8. The van der Waals surface area contributed by atoms with Gasteiger partial charge in [-0.25, -0.2) is 0 Å². The molecule has 234 valence electrons. The summed E-state index contributed by atoms with van der Waals surface area (Å²) in [5.74, 6) is 1.97. The number of fused-ring (bicyclic) bond motifs is 1. The van der Waals surface area contributed by atoms with Crippen LogP contribution in [-0.2, 0) is 30.3 Å². The fourth-order valence-corrected chi connectivity index (χ4v) is 6.93. The molecule has 0 saturated heterocycles. The van der Waals surface area contributed by atoms with E-state index in [1.54, 1.807) is 21.3 Å². The molecule has 1 aliphatic heterocycles. The third-order valence-electron chi connectivity index (χ3n) is 7.33. The molecule has 9 nitrogen and oxygen atoms in total. The lowest BCUT2D eigenvalue weighted by molar-refractivity contribution is -0.154. The summed E-state index contributed by atoms with van der Waals surface area (Å²) in [6.07, 6.45) is 1.65. The Bertz CT molecular complexity index is 1410. The largest absolute Gasteiger partial charge is 0.497 e. The van der Waals surface area contributed by atoms with E-state index in [1.807, 2.05) is 83.8 Å². The van der Waals surface area contributed by atoms with Crippen LogP contribution in [0, 0.1) is 0 Å². The topological polar surface area (TPSA) is 84.9 Å². The second-order valence-electron chi connectivity index (χ2n) is 10.2. The molecule has 0 radical (unpaired) electrons. The van der Waals surface area contributed by atoms with Crippen LogP contribution in [0.3, 0.4) is 0 Å². The fourth-order valence-electron chi connectivity index (χ4n) is 5.13. The minimum atomic E-state index is -0.578. The average molecular weight is 687 g/mol. The number of benzene rings is 3. The van der Waals surface area contributed by atoms with Crippen LogP contribution in [0.25, 0.3) is 0 Å². The highest BCUT2D eigenvalue weighted by Crippen LogP contribution is 2.43. The lowest BCUT2D eigenvalue weighted by Crippen LogP contribution is -2.48. The number of hydrogen-bond acceptors (Lipinski definition) is 9. The number of methoxy groups -OCH3 is 3. The van der Waals surface area contributed by atoms with Gasteiger partial charge in [0, 0.05) is 36.6 Å². The number of hydrogen-bond donors (Lipinski definition) is 0. The molecule has 0 N–H and O–H groups in total. The predicted octanol–water partition coefficient (Wildman–Crippen LogP) is 6.32. The molecular formula is C33H36BrNO8S. The molecule has 0 spiro atoms. The first-order chi connectivity index (χ1) is 21.5. The van der Waals surface area contributed by atoms with E-state index < -0.39 is 11.4 Å². The number of ether oxygens (including phenoxy) is 7. The second kappa shape index (κ2) is 15.8. The van der Waals surface area contributed by atoms with Crippen LogP contribution in [0.1, 0.15) is 22.8 Å². The monoisotopic (exact) mass is 685 g/mol. The molecular weight excluding hydrogens is 650 g/mol. The van der Waals surface area contributed by atoms with Crippen molar-refractivity contribution >= 4 is 33.6 Å². The molecule has 0 fully saturated rings.